The SMILES string of the molecule is CC1CCC([C@](C)(CC(=O)c2ccsc2)c2cn[nH]n2)CC1. The quantitative estimate of drug-likeness (QED) is 0.840. The number of aromatic nitrogens is 3. The second kappa shape index (κ2) is 6.32. The minimum absolute atomic E-state index is 0.213. The van der Waals surface area contributed by atoms with Gasteiger partial charge < -0.3 is 0 Å². The Kier molecular flexibility index (Phi) is 4.43. The van der Waals surface area contributed by atoms with Crippen molar-refractivity contribution in [1.82, 2.24) is 15.4 Å². The summed E-state index contributed by atoms with van der Waals surface area (Å²) >= 11 is 1.57. The zero-order valence-electron chi connectivity index (χ0n) is 13.2. The van der Waals surface area contributed by atoms with Gasteiger partial charge in [0.2, 0.25) is 0 Å². The first-order valence-corrected chi connectivity index (χ1v) is 8.95. The van der Waals surface area contributed by atoms with Gasteiger partial charge in [-0.15, -0.1) is 0 Å². The molecular weight excluding hydrogens is 294 g/mol. The van der Waals surface area contributed by atoms with Crippen LogP contribution in [-0.2, 0) is 5.41 Å². The van der Waals surface area contributed by atoms with Crippen LogP contribution in [0, 0.1) is 11.8 Å². The summed E-state index contributed by atoms with van der Waals surface area (Å²) in [5, 5.41) is 14.9. The third-order valence-corrected chi connectivity index (χ3v) is 5.97. The van der Waals surface area contributed by atoms with Crippen LogP contribution in [0.25, 0.3) is 0 Å². The van der Waals surface area contributed by atoms with Crippen LogP contribution >= 0.6 is 11.3 Å². The summed E-state index contributed by atoms with van der Waals surface area (Å²) in [7, 11) is 0. The molecule has 1 saturated carbocycles. The van der Waals surface area contributed by atoms with Crippen molar-refractivity contribution >= 4 is 17.1 Å². The van der Waals surface area contributed by atoms with Crippen LogP contribution in [-0.4, -0.2) is 21.2 Å². The highest BCUT2D eigenvalue weighted by Crippen LogP contribution is 2.44. The number of Topliss-reactive ketones (excluding diaryl/α,β-unsaturated/α-hetero) is 1. The molecular formula is C17H23N3OS. The number of carbonyl (C=O) groups is 1. The van der Waals surface area contributed by atoms with Gasteiger partial charge in [0.05, 0.1) is 11.9 Å². The molecule has 0 unspecified atom stereocenters. The molecule has 1 aliphatic carbocycles. The van der Waals surface area contributed by atoms with E-state index in [1.165, 1.54) is 25.7 Å². The summed E-state index contributed by atoms with van der Waals surface area (Å²) in [6.45, 7) is 4.51. The Hall–Kier alpha value is -1.49. The summed E-state index contributed by atoms with van der Waals surface area (Å²) in [5.74, 6) is 1.51. The Morgan fingerprint density at radius 2 is 2.18 bits per heavy atom. The molecule has 118 valence electrons. The molecule has 0 amide bonds. The zero-order chi connectivity index (χ0) is 15.6. The van der Waals surface area contributed by atoms with Gasteiger partial charge in [-0.25, -0.2) is 0 Å². The number of carbonyl (C=O) groups excluding carboxylic acids is 1. The maximum atomic E-state index is 12.7. The molecule has 1 atom stereocenters. The molecule has 0 spiro atoms. The van der Waals surface area contributed by atoms with Crippen LogP contribution in [0.4, 0.5) is 0 Å². The third-order valence-electron chi connectivity index (χ3n) is 5.29. The number of hydrogen-bond acceptors (Lipinski definition) is 4. The molecule has 2 aromatic rings. The molecule has 5 heteroatoms. The summed E-state index contributed by atoms with van der Waals surface area (Å²) in [6.07, 6.45) is 7.12. The number of ketones is 1. The molecule has 0 radical (unpaired) electrons. The van der Waals surface area contributed by atoms with E-state index in [9.17, 15) is 4.79 Å². The van der Waals surface area contributed by atoms with Crippen molar-refractivity contribution in [2.24, 2.45) is 11.8 Å². The number of nitrogens with one attached hydrogen (secondary N) is 1. The van der Waals surface area contributed by atoms with Gasteiger partial charge in [-0.2, -0.15) is 26.7 Å². The first-order chi connectivity index (χ1) is 10.6. The number of rotatable bonds is 5. The molecule has 0 aliphatic heterocycles. The summed E-state index contributed by atoms with van der Waals surface area (Å²) < 4.78 is 0. The maximum absolute atomic E-state index is 12.7. The van der Waals surface area contributed by atoms with Crippen molar-refractivity contribution in [3.63, 3.8) is 0 Å². The Morgan fingerprint density at radius 1 is 1.41 bits per heavy atom. The van der Waals surface area contributed by atoms with Crippen molar-refractivity contribution < 1.29 is 4.79 Å². The Labute approximate surface area is 135 Å². The molecule has 3 rings (SSSR count). The van der Waals surface area contributed by atoms with Crippen LogP contribution in [0.1, 0.15) is 62.0 Å². The standard InChI is InChI=1S/C17H23N3OS/c1-12-3-5-14(6-4-12)17(2,16-10-18-20-19-16)9-15(21)13-7-8-22-11-13/h7-8,10-12,14H,3-6,9H2,1-2H3,(H,18,19,20)/t12?,14?,17-/m0/s1. The molecule has 0 bridgehead atoms. The van der Waals surface area contributed by atoms with E-state index >= 15 is 0 Å². The molecule has 0 aromatic carbocycles. The van der Waals surface area contributed by atoms with Gasteiger partial charge >= 0.3 is 0 Å². The first-order valence-electron chi connectivity index (χ1n) is 8.01. The summed E-state index contributed by atoms with van der Waals surface area (Å²) in [4.78, 5) is 12.7. The smallest absolute Gasteiger partial charge is 0.164 e. The number of thiophene rings is 1. The summed E-state index contributed by atoms with van der Waals surface area (Å²) in [5.41, 5.74) is 1.52. The molecule has 0 saturated heterocycles. The molecule has 1 fully saturated rings. The van der Waals surface area contributed by atoms with Crippen LogP contribution < -0.4 is 0 Å². The van der Waals surface area contributed by atoms with Crippen LogP contribution in [0.15, 0.2) is 23.0 Å². The van der Waals surface area contributed by atoms with Crippen LogP contribution in [0.5, 0.6) is 0 Å². The van der Waals surface area contributed by atoms with E-state index in [0.717, 1.165) is 17.2 Å². The van der Waals surface area contributed by atoms with Gasteiger partial charge in [0.15, 0.2) is 5.78 Å². The number of H-pyrrole nitrogens is 1. The number of nitrogens with zero attached hydrogens (tertiary/aromatic N) is 2. The summed E-state index contributed by atoms with van der Waals surface area (Å²) in [6, 6.07) is 1.92. The topological polar surface area (TPSA) is 58.6 Å². The van der Waals surface area contributed by atoms with Gasteiger partial charge in [0, 0.05) is 22.8 Å². The Morgan fingerprint density at radius 3 is 2.77 bits per heavy atom. The highest BCUT2D eigenvalue weighted by atomic mass is 32.1. The monoisotopic (exact) mass is 317 g/mol. The number of hydrogen-bond donors (Lipinski definition) is 1. The van der Waals surface area contributed by atoms with Gasteiger partial charge in [-0.05, 0) is 36.1 Å². The molecule has 2 heterocycles. The van der Waals surface area contributed by atoms with E-state index in [4.69, 9.17) is 0 Å². The zero-order valence-corrected chi connectivity index (χ0v) is 14.0. The fourth-order valence-electron chi connectivity index (χ4n) is 3.68. The lowest BCUT2D eigenvalue weighted by Gasteiger charge is -2.39. The van der Waals surface area contributed by atoms with Crippen molar-refractivity contribution in [3.05, 3.63) is 34.3 Å². The van der Waals surface area contributed by atoms with E-state index in [-0.39, 0.29) is 11.2 Å². The average Bonchev–Trinajstić information content (AvgIpc) is 3.21. The highest BCUT2D eigenvalue weighted by molar-refractivity contribution is 7.08. The first kappa shape index (κ1) is 15.4. The van der Waals surface area contributed by atoms with E-state index in [0.29, 0.717) is 12.3 Å². The number of aromatic amines is 1. The lowest BCUT2D eigenvalue weighted by atomic mass is 9.64. The average molecular weight is 317 g/mol. The predicted octanol–water partition coefficient (Wildman–Crippen LogP) is 4.22. The molecule has 22 heavy (non-hydrogen) atoms. The fraction of sp³-hybridized carbons (Fsp3) is 0.588. The van der Waals surface area contributed by atoms with E-state index in [2.05, 4.69) is 29.3 Å². The fourth-order valence-corrected chi connectivity index (χ4v) is 4.34. The van der Waals surface area contributed by atoms with Crippen molar-refractivity contribution in [2.45, 2.75) is 51.4 Å². The molecule has 4 nitrogen and oxygen atoms in total. The minimum Gasteiger partial charge on any atom is -0.294 e. The van der Waals surface area contributed by atoms with Gasteiger partial charge in [-0.3, -0.25) is 4.79 Å². The molecule has 1 aliphatic rings. The Balaban J connectivity index is 1.85. The highest BCUT2D eigenvalue weighted by Gasteiger charge is 2.41. The van der Waals surface area contributed by atoms with Crippen molar-refractivity contribution in [2.75, 3.05) is 0 Å². The molecule has 2 aromatic heterocycles. The van der Waals surface area contributed by atoms with Crippen LogP contribution in [0.2, 0.25) is 0 Å². The normalized spacial score (nSPS) is 24.8. The van der Waals surface area contributed by atoms with Crippen LogP contribution in [0.3, 0.4) is 0 Å². The van der Waals surface area contributed by atoms with Gasteiger partial charge in [0.1, 0.15) is 0 Å². The Bertz CT molecular complexity index is 600. The second-order valence-electron chi connectivity index (χ2n) is 6.84. The van der Waals surface area contributed by atoms with Crippen molar-refractivity contribution in [3.8, 4) is 0 Å². The lowest BCUT2D eigenvalue weighted by Crippen LogP contribution is -2.37. The maximum Gasteiger partial charge on any atom is 0.164 e. The van der Waals surface area contributed by atoms with Gasteiger partial charge in [-0.1, -0.05) is 26.7 Å². The van der Waals surface area contributed by atoms with E-state index < -0.39 is 0 Å². The van der Waals surface area contributed by atoms with E-state index in [1.54, 1.807) is 17.5 Å². The van der Waals surface area contributed by atoms with Gasteiger partial charge in [0.25, 0.3) is 0 Å². The minimum atomic E-state index is -0.230. The lowest BCUT2D eigenvalue weighted by molar-refractivity contribution is 0.0898. The van der Waals surface area contributed by atoms with Crippen molar-refractivity contribution in [1.29, 1.82) is 0 Å². The van der Waals surface area contributed by atoms with E-state index in [1.807, 2.05) is 16.8 Å². The largest absolute Gasteiger partial charge is 0.294 e. The predicted molar refractivity (Wildman–Crippen MR) is 88.1 cm³/mol. The third kappa shape index (κ3) is 3.00. The second-order valence-corrected chi connectivity index (χ2v) is 7.62. The molecule has 1 N–H and O–H groups in total.